The SMILES string of the molecule is CCOc1ccccc1NC(=S)Nc1ncn(Cc2cccc(C(F)(F)F)c2)n1. The summed E-state index contributed by atoms with van der Waals surface area (Å²) in [5, 5.41) is 10.3. The summed E-state index contributed by atoms with van der Waals surface area (Å²) >= 11 is 5.27. The van der Waals surface area contributed by atoms with Gasteiger partial charge in [-0.05, 0) is 49.0 Å². The molecular weight excluding hydrogens is 403 g/mol. The van der Waals surface area contributed by atoms with Crippen molar-refractivity contribution in [1.29, 1.82) is 0 Å². The predicted molar refractivity (Wildman–Crippen MR) is 108 cm³/mol. The summed E-state index contributed by atoms with van der Waals surface area (Å²) in [7, 11) is 0. The quantitative estimate of drug-likeness (QED) is 0.570. The lowest BCUT2D eigenvalue weighted by Gasteiger charge is -2.12. The number of ether oxygens (including phenoxy) is 1. The number of rotatable bonds is 6. The van der Waals surface area contributed by atoms with Crippen molar-refractivity contribution in [2.75, 3.05) is 17.2 Å². The van der Waals surface area contributed by atoms with Crippen LogP contribution in [0, 0.1) is 0 Å². The molecule has 0 atom stereocenters. The molecule has 3 aromatic rings. The Morgan fingerprint density at radius 3 is 2.69 bits per heavy atom. The van der Waals surface area contributed by atoms with Crippen molar-refractivity contribution in [3.63, 3.8) is 0 Å². The molecule has 0 aliphatic carbocycles. The van der Waals surface area contributed by atoms with Gasteiger partial charge >= 0.3 is 6.18 Å². The fourth-order valence-corrected chi connectivity index (χ4v) is 2.77. The van der Waals surface area contributed by atoms with Crippen LogP contribution in [0.2, 0.25) is 0 Å². The van der Waals surface area contributed by atoms with E-state index in [1.807, 2.05) is 31.2 Å². The first-order chi connectivity index (χ1) is 13.8. The molecular formula is C19H18F3N5OS. The van der Waals surface area contributed by atoms with Gasteiger partial charge in [-0.15, -0.1) is 5.10 Å². The van der Waals surface area contributed by atoms with Crippen LogP contribution in [0.3, 0.4) is 0 Å². The Bertz CT molecular complexity index is 990. The number of aromatic nitrogens is 3. The zero-order chi connectivity index (χ0) is 20.9. The van der Waals surface area contributed by atoms with Crippen LogP contribution in [0.25, 0.3) is 0 Å². The summed E-state index contributed by atoms with van der Waals surface area (Å²) in [4.78, 5) is 4.08. The third-order valence-corrected chi connectivity index (χ3v) is 4.00. The molecule has 0 aliphatic heterocycles. The van der Waals surface area contributed by atoms with Gasteiger partial charge in [-0.3, -0.25) is 5.32 Å². The van der Waals surface area contributed by atoms with Crippen molar-refractivity contribution in [1.82, 2.24) is 14.8 Å². The molecule has 3 rings (SSSR count). The molecule has 0 fully saturated rings. The molecule has 1 heterocycles. The summed E-state index contributed by atoms with van der Waals surface area (Å²) in [5.74, 6) is 0.880. The lowest BCUT2D eigenvalue weighted by molar-refractivity contribution is -0.137. The van der Waals surface area contributed by atoms with E-state index in [4.69, 9.17) is 17.0 Å². The minimum absolute atomic E-state index is 0.145. The van der Waals surface area contributed by atoms with Gasteiger partial charge in [0, 0.05) is 0 Å². The van der Waals surface area contributed by atoms with Crippen molar-refractivity contribution in [3.8, 4) is 5.75 Å². The normalized spacial score (nSPS) is 11.2. The van der Waals surface area contributed by atoms with Crippen LogP contribution in [-0.4, -0.2) is 26.5 Å². The van der Waals surface area contributed by atoms with Gasteiger partial charge in [-0.1, -0.05) is 24.3 Å². The third kappa shape index (κ3) is 5.67. The summed E-state index contributed by atoms with van der Waals surface area (Å²) in [6.45, 7) is 2.54. The number of hydrogen-bond donors (Lipinski definition) is 2. The molecule has 2 aromatic carbocycles. The molecule has 1 aromatic heterocycles. The lowest BCUT2D eigenvalue weighted by atomic mass is 10.1. The van der Waals surface area contributed by atoms with Crippen LogP contribution in [-0.2, 0) is 12.7 Å². The van der Waals surface area contributed by atoms with Gasteiger partial charge in [0.1, 0.15) is 12.1 Å². The molecule has 0 saturated carbocycles. The number of benzene rings is 2. The first-order valence-electron chi connectivity index (χ1n) is 8.70. The number of hydrogen-bond acceptors (Lipinski definition) is 4. The van der Waals surface area contributed by atoms with Crippen molar-refractivity contribution >= 4 is 29.0 Å². The zero-order valence-corrected chi connectivity index (χ0v) is 16.2. The van der Waals surface area contributed by atoms with Gasteiger partial charge in [0.2, 0.25) is 5.95 Å². The number of anilines is 2. The minimum Gasteiger partial charge on any atom is -0.492 e. The average molecular weight is 421 g/mol. The van der Waals surface area contributed by atoms with E-state index in [0.717, 1.165) is 12.1 Å². The van der Waals surface area contributed by atoms with Crippen molar-refractivity contribution in [2.24, 2.45) is 0 Å². The van der Waals surface area contributed by atoms with Gasteiger partial charge in [0.25, 0.3) is 0 Å². The number of thiocarbonyl (C=S) groups is 1. The van der Waals surface area contributed by atoms with Gasteiger partial charge in [0.05, 0.1) is 24.4 Å². The molecule has 0 saturated heterocycles. The second kappa shape index (κ2) is 8.91. The molecule has 0 amide bonds. The van der Waals surface area contributed by atoms with Crippen molar-refractivity contribution in [2.45, 2.75) is 19.6 Å². The van der Waals surface area contributed by atoms with E-state index in [0.29, 0.717) is 23.6 Å². The second-order valence-electron chi connectivity index (χ2n) is 5.97. The third-order valence-electron chi connectivity index (χ3n) is 3.80. The van der Waals surface area contributed by atoms with E-state index in [-0.39, 0.29) is 17.6 Å². The van der Waals surface area contributed by atoms with Crippen LogP contribution in [0.5, 0.6) is 5.75 Å². The van der Waals surface area contributed by atoms with E-state index in [1.54, 1.807) is 6.07 Å². The highest BCUT2D eigenvalue weighted by Gasteiger charge is 2.30. The van der Waals surface area contributed by atoms with Crippen LogP contribution in [0.1, 0.15) is 18.1 Å². The fourth-order valence-electron chi connectivity index (χ4n) is 2.57. The van der Waals surface area contributed by atoms with Gasteiger partial charge < -0.3 is 10.1 Å². The van der Waals surface area contributed by atoms with E-state index in [2.05, 4.69) is 20.7 Å². The van der Waals surface area contributed by atoms with Gasteiger partial charge in [-0.25, -0.2) is 9.67 Å². The van der Waals surface area contributed by atoms with Crippen LogP contribution in [0.15, 0.2) is 54.9 Å². The van der Waals surface area contributed by atoms with Gasteiger partial charge in [-0.2, -0.15) is 13.2 Å². The molecule has 0 aliphatic rings. The number of nitrogens with one attached hydrogen (secondary N) is 2. The molecule has 6 nitrogen and oxygen atoms in total. The Balaban J connectivity index is 1.63. The maximum absolute atomic E-state index is 12.8. The topological polar surface area (TPSA) is 64.0 Å². The average Bonchev–Trinajstić information content (AvgIpc) is 3.09. The first-order valence-corrected chi connectivity index (χ1v) is 9.11. The number of para-hydroxylation sites is 2. The maximum Gasteiger partial charge on any atom is 0.416 e. The molecule has 0 unspecified atom stereocenters. The molecule has 0 bridgehead atoms. The Morgan fingerprint density at radius 1 is 1.14 bits per heavy atom. The molecule has 29 heavy (non-hydrogen) atoms. The number of alkyl halides is 3. The summed E-state index contributed by atoms with van der Waals surface area (Å²) in [5.41, 5.74) is 0.449. The Morgan fingerprint density at radius 2 is 1.93 bits per heavy atom. The summed E-state index contributed by atoms with van der Waals surface area (Å²) < 4.78 is 45.5. The smallest absolute Gasteiger partial charge is 0.416 e. The largest absolute Gasteiger partial charge is 0.492 e. The van der Waals surface area contributed by atoms with Crippen LogP contribution < -0.4 is 15.4 Å². The Labute approximate surface area is 170 Å². The Kier molecular flexibility index (Phi) is 6.32. The summed E-state index contributed by atoms with van der Waals surface area (Å²) in [6, 6.07) is 12.4. The fraction of sp³-hybridized carbons (Fsp3) is 0.211. The maximum atomic E-state index is 12.8. The van der Waals surface area contributed by atoms with Crippen molar-refractivity contribution in [3.05, 3.63) is 66.0 Å². The highest BCUT2D eigenvalue weighted by molar-refractivity contribution is 7.80. The predicted octanol–water partition coefficient (Wildman–Crippen LogP) is 4.55. The van der Waals surface area contributed by atoms with Gasteiger partial charge in [0.15, 0.2) is 5.11 Å². The van der Waals surface area contributed by atoms with Crippen LogP contribution >= 0.6 is 12.2 Å². The van der Waals surface area contributed by atoms with E-state index in [1.165, 1.54) is 17.1 Å². The molecule has 10 heteroatoms. The molecule has 152 valence electrons. The highest BCUT2D eigenvalue weighted by Crippen LogP contribution is 2.29. The van der Waals surface area contributed by atoms with Crippen molar-refractivity contribution < 1.29 is 17.9 Å². The van der Waals surface area contributed by atoms with E-state index < -0.39 is 11.7 Å². The molecule has 0 spiro atoms. The van der Waals surface area contributed by atoms with E-state index >= 15 is 0 Å². The Hall–Kier alpha value is -3.14. The molecule has 0 radical (unpaired) electrons. The standard InChI is InChI=1S/C19H18F3N5OS/c1-2-28-16-9-4-3-8-15(16)24-18(29)25-17-23-12-27(26-17)11-13-6-5-7-14(10-13)19(20,21)22/h3-10,12H,2,11H2,1H3,(H2,24,25,26,29). The second-order valence-corrected chi connectivity index (χ2v) is 6.38. The minimum atomic E-state index is -4.39. The van der Waals surface area contributed by atoms with E-state index in [9.17, 15) is 13.2 Å². The monoisotopic (exact) mass is 421 g/mol. The van der Waals surface area contributed by atoms with Crippen LogP contribution in [0.4, 0.5) is 24.8 Å². The highest BCUT2D eigenvalue weighted by atomic mass is 32.1. The summed E-state index contributed by atoms with van der Waals surface area (Å²) in [6.07, 6.45) is -2.97. The number of halogens is 3. The zero-order valence-electron chi connectivity index (χ0n) is 15.4. The first kappa shape index (κ1) is 20.6. The lowest BCUT2D eigenvalue weighted by Crippen LogP contribution is -2.20. The number of nitrogens with zero attached hydrogens (tertiary/aromatic N) is 3. The molecule has 2 N–H and O–H groups in total.